The highest BCUT2D eigenvalue weighted by Gasteiger charge is 2.04. The first kappa shape index (κ1) is 10.6. The van der Waals surface area contributed by atoms with Gasteiger partial charge < -0.3 is 0 Å². The third-order valence-corrected chi connectivity index (χ3v) is 2.82. The molecule has 2 rings (SSSR count). The lowest BCUT2D eigenvalue weighted by Crippen LogP contribution is -1.88. The monoisotopic (exact) mass is 210 g/mol. The van der Waals surface area contributed by atoms with E-state index in [1.165, 1.54) is 22.3 Å². The number of aldehydes is 1. The van der Waals surface area contributed by atoms with E-state index < -0.39 is 0 Å². The van der Waals surface area contributed by atoms with Crippen molar-refractivity contribution in [1.29, 1.82) is 0 Å². The number of rotatable bonds is 2. The molecule has 0 bridgehead atoms. The van der Waals surface area contributed by atoms with Crippen molar-refractivity contribution in [3.8, 4) is 11.1 Å². The average molecular weight is 210 g/mol. The van der Waals surface area contributed by atoms with E-state index in [4.69, 9.17) is 0 Å². The molecule has 1 nitrogen and oxygen atoms in total. The molecule has 0 aromatic heterocycles. The van der Waals surface area contributed by atoms with Crippen LogP contribution < -0.4 is 0 Å². The van der Waals surface area contributed by atoms with Crippen LogP contribution in [-0.4, -0.2) is 6.29 Å². The predicted octanol–water partition coefficient (Wildman–Crippen LogP) is 3.78. The lowest BCUT2D eigenvalue weighted by molar-refractivity contribution is 0.112. The van der Waals surface area contributed by atoms with E-state index in [9.17, 15) is 4.79 Å². The first-order valence-corrected chi connectivity index (χ1v) is 5.34. The fourth-order valence-electron chi connectivity index (χ4n) is 2.00. The Kier molecular flexibility index (Phi) is 2.86. The Morgan fingerprint density at radius 2 is 1.44 bits per heavy atom. The molecule has 0 aliphatic rings. The second-order valence-corrected chi connectivity index (χ2v) is 4.01. The average Bonchev–Trinajstić information content (AvgIpc) is 2.30. The lowest BCUT2D eigenvalue weighted by Gasteiger charge is -2.09. The van der Waals surface area contributed by atoms with Gasteiger partial charge in [0.15, 0.2) is 0 Å². The van der Waals surface area contributed by atoms with Gasteiger partial charge in [-0.1, -0.05) is 42.5 Å². The van der Waals surface area contributed by atoms with Gasteiger partial charge in [-0.2, -0.15) is 0 Å². The molecule has 0 amide bonds. The molecule has 1 heteroatoms. The number of benzene rings is 2. The number of carbonyl (C=O) groups excluding carboxylic acids is 1. The van der Waals surface area contributed by atoms with Gasteiger partial charge in [-0.05, 0) is 36.1 Å². The molecule has 0 fully saturated rings. The molecule has 0 aliphatic heterocycles. The van der Waals surface area contributed by atoms with Crippen LogP contribution in [0.4, 0.5) is 0 Å². The summed E-state index contributed by atoms with van der Waals surface area (Å²) >= 11 is 0. The van der Waals surface area contributed by atoms with Crippen LogP contribution >= 0.6 is 0 Å². The van der Waals surface area contributed by atoms with Crippen molar-refractivity contribution in [2.24, 2.45) is 0 Å². The normalized spacial score (nSPS) is 10.1. The van der Waals surface area contributed by atoms with E-state index >= 15 is 0 Å². The van der Waals surface area contributed by atoms with Gasteiger partial charge in [0.2, 0.25) is 0 Å². The summed E-state index contributed by atoms with van der Waals surface area (Å²) in [6.45, 7) is 4.21. The van der Waals surface area contributed by atoms with Crippen molar-refractivity contribution in [3.05, 3.63) is 59.2 Å². The molecule has 0 aliphatic carbocycles. The summed E-state index contributed by atoms with van der Waals surface area (Å²) in [6.07, 6.45) is 0.870. The zero-order valence-corrected chi connectivity index (χ0v) is 9.53. The van der Waals surface area contributed by atoms with Gasteiger partial charge in [-0.15, -0.1) is 0 Å². The summed E-state index contributed by atoms with van der Waals surface area (Å²) in [6, 6.07) is 14.0. The topological polar surface area (TPSA) is 17.1 Å². The summed E-state index contributed by atoms with van der Waals surface area (Å²) in [7, 11) is 0. The van der Waals surface area contributed by atoms with Gasteiger partial charge in [0.25, 0.3) is 0 Å². The van der Waals surface area contributed by atoms with Crippen LogP contribution in [0.5, 0.6) is 0 Å². The standard InChI is InChI=1S/C15H14O/c1-11-4-3-5-12(2)15(11)14-8-6-13(10-16)7-9-14/h3-10H,1-2H3. The zero-order chi connectivity index (χ0) is 11.5. The van der Waals surface area contributed by atoms with Crippen LogP contribution in [0.25, 0.3) is 11.1 Å². The highest BCUT2D eigenvalue weighted by Crippen LogP contribution is 2.26. The maximum absolute atomic E-state index is 10.6. The molecule has 16 heavy (non-hydrogen) atoms. The molecule has 2 aromatic rings. The minimum atomic E-state index is 0.718. The molecule has 0 heterocycles. The fourth-order valence-corrected chi connectivity index (χ4v) is 2.00. The third-order valence-electron chi connectivity index (χ3n) is 2.82. The van der Waals surface area contributed by atoms with Gasteiger partial charge in [0.1, 0.15) is 6.29 Å². The van der Waals surface area contributed by atoms with Gasteiger partial charge in [-0.25, -0.2) is 0 Å². The van der Waals surface area contributed by atoms with Gasteiger partial charge in [0.05, 0.1) is 0 Å². The zero-order valence-electron chi connectivity index (χ0n) is 9.53. The lowest BCUT2D eigenvalue weighted by atomic mass is 9.95. The molecule has 80 valence electrons. The largest absolute Gasteiger partial charge is 0.298 e. The Morgan fingerprint density at radius 1 is 0.875 bits per heavy atom. The van der Waals surface area contributed by atoms with Crippen molar-refractivity contribution in [2.75, 3.05) is 0 Å². The van der Waals surface area contributed by atoms with Crippen molar-refractivity contribution >= 4 is 6.29 Å². The number of hydrogen-bond acceptors (Lipinski definition) is 1. The summed E-state index contributed by atoms with van der Waals surface area (Å²) < 4.78 is 0. The number of aryl methyl sites for hydroxylation is 2. The highest BCUT2D eigenvalue weighted by atomic mass is 16.1. The summed E-state index contributed by atoms with van der Waals surface area (Å²) in [5.41, 5.74) is 5.67. The van der Waals surface area contributed by atoms with Crippen molar-refractivity contribution in [3.63, 3.8) is 0 Å². The summed E-state index contributed by atoms with van der Waals surface area (Å²) in [5, 5.41) is 0. The van der Waals surface area contributed by atoms with E-state index in [-0.39, 0.29) is 0 Å². The van der Waals surface area contributed by atoms with Gasteiger partial charge >= 0.3 is 0 Å². The van der Waals surface area contributed by atoms with E-state index in [2.05, 4.69) is 32.0 Å². The maximum Gasteiger partial charge on any atom is 0.150 e. The van der Waals surface area contributed by atoms with E-state index in [0.717, 1.165) is 11.8 Å². The Balaban J connectivity index is 2.54. The first-order valence-electron chi connectivity index (χ1n) is 5.34. The van der Waals surface area contributed by atoms with Crippen LogP contribution in [0.15, 0.2) is 42.5 Å². The smallest absolute Gasteiger partial charge is 0.150 e. The highest BCUT2D eigenvalue weighted by molar-refractivity contribution is 5.78. The SMILES string of the molecule is Cc1cccc(C)c1-c1ccc(C=O)cc1. The Labute approximate surface area is 95.7 Å². The van der Waals surface area contributed by atoms with Crippen LogP contribution in [0.3, 0.4) is 0 Å². The minimum absolute atomic E-state index is 0.718. The third kappa shape index (κ3) is 1.89. The molecule has 0 radical (unpaired) electrons. The van der Waals surface area contributed by atoms with E-state index in [1.54, 1.807) is 0 Å². The molecule has 2 aromatic carbocycles. The summed E-state index contributed by atoms with van der Waals surface area (Å²) in [5.74, 6) is 0. The molecule has 0 unspecified atom stereocenters. The van der Waals surface area contributed by atoms with Crippen LogP contribution in [0.2, 0.25) is 0 Å². The molecule has 0 spiro atoms. The molecular formula is C15H14O. The second kappa shape index (κ2) is 4.31. The quantitative estimate of drug-likeness (QED) is 0.689. The van der Waals surface area contributed by atoms with Gasteiger partial charge in [0, 0.05) is 5.56 Å². The van der Waals surface area contributed by atoms with Gasteiger partial charge in [-0.3, -0.25) is 4.79 Å². The summed E-state index contributed by atoms with van der Waals surface area (Å²) in [4.78, 5) is 10.6. The molecular weight excluding hydrogens is 196 g/mol. The molecule has 0 saturated carbocycles. The Morgan fingerprint density at radius 3 is 1.94 bits per heavy atom. The second-order valence-electron chi connectivity index (χ2n) is 4.01. The first-order chi connectivity index (χ1) is 7.72. The van der Waals surface area contributed by atoms with Crippen LogP contribution in [0, 0.1) is 13.8 Å². The minimum Gasteiger partial charge on any atom is -0.298 e. The number of hydrogen-bond donors (Lipinski definition) is 0. The van der Waals surface area contributed by atoms with Crippen LogP contribution in [0.1, 0.15) is 21.5 Å². The number of carbonyl (C=O) groups is 1. The Hall–Kier alpha value is -1.89. The van der Waals surface area contributed by atoms with E-state index in [1.807, 2.05) is 24.3 Å². The van der Waals surface area contributed by atoms with E-state index in [0.29, 0.717) is 0 Å². The van der Waals surface area contributed by atoms with Crippen molar-refractivity contribution in [2.45, 2.75) is 13.8 Å². The fraction of sp³-hybridized carbons (Fsp3) is 0.133. The maximum atomic E-state index is 10.6. The molecule has 0 saturated heterocycles. The van der Waals surface area contributed by atoms with Crippen LogP contribution in [-0.2, 0) is 0 Å². The van der Waals surface area contributed by atoms with Crippen molar-refractivity contribution in [1.82, 2.24) is 0 Å². The molecule has 0 atom stereocenters. The van der Waals surface area contributed by atoms with Crippen molar-refractivity contribution < 1.29 is 4.79 Å². The Bertz CT molecular complexity index is 489. The predicted molar refractivity (Wildman–Crippen MR) is 66.7 cm³/mol. The molecule has 0 N–H and O–H groups in total.